The highest BCUT2D eigenvalue weighted by atomic mass is 16.3. The SMILES string of the molecule is C=C/C=C\c1c(-c2ccccc2)cc2c(oc3cccc4c3c2c2ccc(N(c3ccccc3)c3ccccc3)c3oc5c6ccccc6c(-c6ccccc6)cc5c4c32)c1C.CN(c1ccccc1)c1ccccc1. The number of hydrogen-bond acceptors (Lipinski definition) is 4. The van der Waals surface area contributed by atoms with Gasteiger partial charge < -0.3 is 18.6 Å². The Kier molecular flexibility index (Phi) is 11.8. The molecule has 4 heteroatoms. The zero-order valence-electron chi connectivity index (χ0n) is 42.3. The van der Waals surface area contributed by atoms with Crippen LogP contribution in [0.5, 0.6) is 0 Å². The lowest BCUT2D eigenvalue weighted by Crippen LogP contribution is -2.10. The fourth-order valence-electron chi connectivity index (χ4n) is 11.3. The van der Waals surface area contributed by atoms with Crippen LogP contribution in [0.2, 0.25) is 0 Å². The first kappa shape index (κ1) is 45.9. The molecule has 0 saturated carbocycles. The van der Waals surface area contributed by atoms with Crippen molar-refractivity contribution in [1.82, 2.24) is 0 Å². The van der Waals surface area contributed by atoms with Crippen molar-refractivity contribution < 1.29 is 8.83 Å². The number of para-hydroxylation sites is 4. The molecular weight excluding hydrogens is 925 g/mol. The van der Waals surface area contributed by atoms with E-state index in [1.807, 2.05) is 24.3 Å². The van der Waals surface area contributed by atoms with Gasteiger partial charge in [-0.2, -0.15) is 0 Å². The van der Waals surface area contributed by atoms with Gasteiger partial charge in [0.05, 0.1) is 5.69 Å². The van der Waals surface area contributed by atoms with Crippen LogP contribution in [0.25, 0.3) is 105 Å². The molecule has 12 aromatic carbocycles. The highest BCUT2D eigenvalue weighted by molar-refractivity contribution is 6.41. The molecule has 0 fully saturated rings. The number of fused-ring (bicyclic) bond motifs is 8. The number of nitrogens with zero attached hydrogens (tertiary/aromatic N) is 2. The van der Waals surface area contributed by atoms with Crippen molar-refractivity contribution in [3.05, 3.63) is 279 Å². The van der Waals surface area contributed by atoms with E-state index in [-0.39, 0.29) is 0 Å². The first-order valence-electron chi connectivity index (χ1n) is 25.8. The minimum Gasteiger partial charge on any atom is -0.456 e. The van der Waals surface area contributed by atoms with Gasteiger partial charge in [0.15, 0.2) is 5.58 Å². The molecule has 0 aliphatic heterocycles. The number of hydrogen-bond donors (Lipinski definition) is 0. The van der Waals surface area contributed by atoms with Crippen molar-refractivity contribution in [2.24, 2.45) is 0 Å². The minimum absolute atomic E-state index is 0.817. The van der Waals surface area contributed by atoms with Crippen LogP contribution in [-0.4, -0.2) is 7.05 Å². The monoisotopic (exact) mass is 976 g/mol. The summed E-state index contributed by atoms with van der Waals surface area (Å²) in [6, 6.07) is 87.6. The Labute approximate surface area is 441 Å². The van der Waals surface area contributed by atoms with Gasteiger partial charge in [-0.05, 0) is 124 Å². The highest BCUT2D eigenvalue weighted by Gasteiger charge is 2.27. The normalized spacial score (nSPS) is 11.6. The van der Waals surface area contributed by atoms with Crippen LogP contribution in [0.15, 0.2) is 276 Å². The third-order valence-electron chi connectivity index (χ3n) is 14.8. The van der Waals surface area contributed by atoms with Crippen molar-refractivity contribution in [3.63, 3.8) is 0 Å². The van der Waals surface area contributed by atoms with E-state index in [9.17, 15) is 0 Å². The van der Waals surface area contributed by atoms with Gasteiger partial charge in [0.1, 0.15) is 16.7 Å². The number of anilines is 5. The molecule has 14 rings (SSSR count). The average Bonchev–Trinajstić information content (AvgIpc) is 3.57. The molecule has 4 nitrogen and oxygen atoms in total. The molecule has 0 spiro atoms. The van der Waals surface area contributed by atoms with E-state index in [2.05, 4.69) is 273 Å². The molecule has 362 valence electrons. The maximum absolute atomic E-state index is 7.58. The van der Waals surface area contributed by atoms with Crippen molar-refractivity contribution in [2.45, 2.75) is 6.92 Å². The van der Waals surface area contributed by atoms with Gasteiger partial charge in [-0.25, -0.2) is 0 Å². The molecule has 14 aromatic rings. The Hall–Kier alpha value is -9.90. The quantitative estimate of drug-likeness (QED) is 0.0820. The Morgan fingerprint density at radius 1 is 0.382 bits per heavy atom. The number of benzene rings is 12. The second-order valence-electron chi connectivity index (χ2n) is 19.2. The largest absolute Gasteiger partial charge is 0.456 e. The lowest BCUT2D eigenvalue weighted by atomic mass is 9.86. The Balaban J connectivity index is 0.000000343. The number of allylic oxidation sites excluding steroid dienone is 2. The zero-order valence-corrected chi connectivity index (χ0v) is 42.3. The molecule has 2 heterocycles. The maximum atomic E-state index is 7.58. The molecule has 0 unspecified atom stereocenters. The number of aryl methyl sites for hydroxylation is 1. The molecule has 0 saturated heterocycles. The average molecular weight is 977 g/mol. The molecule has 0 N–H and O–H groups in total. The van der Waals surface area contributed by atoms with Crippen LogP contribution in [0.1, 0.15) is 11.1 Å². The Bertz CT molecular complexity index is 4390. The molecule has 2 aromatic heterocycles. The molecular formula is C72H52N2O2. The summed E-state index contributed by atoms with van der Waals surface area (Å²) in [5, 5.41) is 11.0. The van der Waals surface area contributed by atoms with E-state index < -0.39 is 0 Å². The van der Waals surface area contributed by atoms with Crippen LogP contribution in [0.3, 0.4) is 0 Å². The van der Waals surface area contributed by atoms with Crippen LogP contribution >= 0.6 is 0 Å². The van der Waals surface area contributed by atoms with Gasteiger partial charge in [-0.3, -0.25) is 0 Å². The summed E-state index contributed by atoms with van der Waals surface area (Å²) < 4.78 is 14.7. The summed E-state index contributed by atoms with van der Waals surface area (Å²) in [5.41, 5.74) is 15.6. The maximum Gasteiger partial charge on any atom is 0.159 e. The lowest BCUT2D eigenvalue weighted by Gasteiger charge is -2.27. The van der Waals surface area contributed by atoms with E-state index in [4.69, 9.17) is 8.83 Å². The summed E-state index contributed by atoms with van der Waals surface area (Å²) >= 11 is 0. The molecule has 0 radical (unpaired) electrons. The second kappa shape index (κ2) is 19.5. The summed E-state index contributed by atoms with van der Waals surface area (Å²) in [5.74, 6) is 0. The topological polar surface area (TPSA) is 32.8 Å². The standard InChI is InChI=1S/C59H39NO2.C13H13N/c1-3-4-28-42-37(2)57-49(35-47(42)38-20-9-5-10-21-38)53-46-33-34-51(60(40-24-13-7-14-25-40)41-26-15-8-16-27-41)59-56(46)54(45-31-19-32-52(61-57)55(45)53)50-36-48(39-22-11-6-12-23-39)43-29-17-18-30-44(43)58(50)62-59;1-14(12-8-4-2-5-9-12)13-10-6-3-7-11-13/h3-36H,1H2,2H3;2-11H,1H3/b28-4-;. The van der Waals surface area contributed by atoms with Gasteiger partial charge in [0.25, 0.3) is 0 Å². The zero-order chi connectivity index (χ0) is 51.1. The van der Waals surface area contributed by atoms with Crippen LogP contribution in [0.4, 0.5) is 28.4 Å². The van der Waals surface area contributed by atoms with E-state index in [1.54, 1.807) is 0 Å². The summed E-state index contributed by atoms with van der Waals surface area (Å²) in [6.45, 7) is 6.17. The van der Waals surface area contributed by atoms with Gasteiger partial charge in [0.2, 0.25) is 0 Å². The highest BCUT2D eigenvalue weighted by Crippen LogP contribution is 2.52. The molecule has 76 heavy (non-hydrogen) atoms. The van der Waals surface area contributed by atoms with Crippen molar-refractivity contribution in [3.8, 4) is 22.3 Å². The third-order valence-corrected chi connectivity index (χ3v) is 14.8. The van der Waals surface area contributed by atoms with E-state index in [1.165, 1.54) is 11.4 Å². The Morgan fingerprint density at radius 3 is 1.45 bits per heavy atom. The smallest absolute Gasteiger partial charge is 0.159 e. The lowest BCUT2D eigenvalue weighted by molar-refractivity contribution is 0.658. The summed E-state index contributed by atoms with van der Waals surface area (Å²) in [7, 11) is 2.07. The minimum atomic E-state index is 0.817. The van der Waals surface area contributed by atoms with Crippen molar-refractivity contribution >= 4 is 111 Å². The molecule has 0 bridgehead atoms. The van der Waals surface area contributed by atoms with Crippen molar-refractivity contribution in [1.29, 1.82) is 0 Å². The summed E-state index contributed by atoms with van der Waals surface area (Å²) in [4.78, 5) is 4.49. The number of rotatable bonds is 9. The first-order chi connectivity index (χ1) is 37.6. The Morgan fingerprint density at radius 2 is 0.855 bits per heavy atom. The molecule has 0 atom stereocenters. The summed E-state index contributed by atoms with van der Waals surface area (Å²) in [6.07, 6.45) is 5.98. The van der Waals surface area contributed by atoms with Crippen molar-refractivity contribution in [2.75, 3.05) is 16.8 Å². The van der Waals surface area contributed by atoms with Gasteiger partial charge in [0, 0.05) is 73.1 Å². The van der Waals surface area contributed by atoms with E-state index in [0.717, 1.165) is 127 Å². The molecule has 0 amide bonds. The van der Waals surface area contributed by atoms with Gasteiger partial charge >= 0.3 is 0 Å². The van der Waals surface area contributed by atoms with E-state index >= 15 is 0 Å². The second-order valence-corrected chi connectivity index (χ2v) is 19.2. The predicted molar refractivity (Wildman–Crippen MR) is 324 cm³/mol. The third kappa shape index (κ3) is 7.87. The molecule has 0 aliphatic rings. The molecule has 0 aliphatic carbocycles. The van der Waals surface area contributed by atoms with Crippen LogP contribution < -0.4 is 9.80 Å². The predicted octanol–water partition coefficient (Wildman–Crippen LogP) is 20.7. The van der Waals surface area contributed by atoms with Gasteiger partial charge in [-0.15, -0.1) is 0 Å². The van der Waals surface area contributed by atoms with Gasteiger partial charge in [-0.1, -0.05) is 201 Å². The fourth-order valence-corrected chi connectivity index (χ4v) is 11.3. The first-order valence-corrected chi connectivity index (χ1v) is 25.8. The van der Waals surface area contributed by atoms with Crippen LogP contribution in [-0.2, 0) is 0 Å². The van der Waals surface area contributed by atoms with Crippen LogP contribution in [0, 0.1) is 6.92 Å². The van der Waals surface area contributed by atoms with E-state index in [0.29, 0.717) is 0 Å². The fraction of sp³-hybridized carbons (Fsp3) is 0.0278.